The normalized spacial score (nSPS) is 27.8. The summed E-state index contributed by atoms with van der Waals surface area (Å²) in [4.78, 5) is 25.6. The minimum atomic E-state index is -0.845. The molecule has 4 nitrogen and oxygen atoms in total. The van der Waals surface area contributed by atoms with E-state index in [1.807, 2.05) is 6.92 Å². The molecule has 2 rings (SSSR count). The van der Waals surface area contributed by atoms with Crippen LogP contribution in [0.4, 0.5) is 0 Å². The van der Waals surface area contributed by atoms with Crippen molar-refractivity contribution in [3.05, 3.63) is 0 Å². The highest BCUT2D eigenvalue weighted by Crippen LogP contribution is 2.38. The lowest BCUT2D eigenvalue weighted by molar-refractivity contribution is -0.158. The van der Waals surface area contributed by atoms with Crippen molar-refractivity contribution in [1.29, 1.82) is 0 Å². The lowest BCUT2D eigenvalue weighted by Gasteiger charge is -2.41. The first kappa shape index (κ1) is 13.4. The maximum absolute atomic E-state index is 12.7. The largest absolute Gasteiger partial charge is 0.480 e. The Labute approximate surface area is 108 Å². The van der Waals surface area contributed by atoms with Gasteiger partial charge in [-0.1, -0.05) is 26.2 Å². The van der Waals surface area contributed by atoms with Crippen molar-refractivity contribution in [3.63, 3.8) is 0 Å². The molecule has 0 bridgehead atoms. The van der Waals surface area contributed by atoms with Crippen LogP contribution in [0.3, 0.4) is 0 Å². The van der Waals surface area contributed by atoms with Crippen molar-refractivity contribution in [2.45, 2.75) is 64.3 Å². The summed E-state index contributed by atoms with van der Waals surface area (Å²) in [5.74, 6) is -0.767. The van der Waals surface area contributed by atoms with Gasteiger partial charge in [0.05, 0.1) is 0 Å². The van der Waals surface area contributed by atoms with E-state index in [4.69, 9.17) is 0 Å². The first-order valence-corrected chi connectivity index (χ1v) is 7.08. The van der Waals surface area contributed by atoms with Crippen molar-refractivity contribution >= 4 is 11.9 Å². The zero-order chi connectivity index (χ0) is 13.2. The van der Waals surface area contributed by atoms with Crippen LogP contribution in [-0.4, -0.2) is 34.5 Å². The van der Waals surface area contributed by atoms with E-state index in [1.165, 1.54) is 6.42 Å². The molecule has 2 fully saturated rings. The molecule has 1 saturated carbocycles. The van der Waals surface area contributed by atoms with Crippen molar-refractivity contribution < 1.29 is 14.7 Å². The molecular formula is C14H23NO3. The fourth-order valence-corrected chi connectivity index (χ4v) is 3.32. The average Bonchev–Trinajstić information content (AvgIpc) is 2.38. The van der Waals surface area contributed by atoms with Crippen molar-refractivity contribution in [2.24, 2.45) is 5.41 Å². The molecule has 18 heavy (non-hydrogen) atoms. The van der Waals surface area contributed by atoms with Crippen LogP contribution in [0.15, 0.2) is 0 Å². The van der Waals surface area contributed by atoms with Gasteiger partial charge in [-0.05, 0) is 32.1 Å². The number of aliphatic carboxylic acids is 1. The number of carboxylic acid groups (broad SMARTS) is 1. The van der Waals surface area contributed by atoms with E-state index >= 15 is 0 Å². The van der Waals surface area contributed by atoms with Crippen LogP contribution in [0.2, 0.25) is 0 Å². The topological polar surface area (TPSA) is 57.6 Å². The predicted octanol–water partition coefficient (Wildman–Crippen LogP) is 2.42. The Bertz CT molecular complexity index is 334. The van der Waals surface area contributed by atoms with Crippen LogP contribution >= 0.6 is 0 Å². The average molecular weight is 253 g/mol. The van der Waals surface area contributed by atoms with Gasteiger partial charge in [0.15, 0.2) is 0 Å². The van der Waals surface area contributed by atoms with E-state index < -0.39 is 12.0 Å². The summed E-state index contributed by atoms with van der Waals surface area (Å²) in [5, 5.41) is 9.25. The minimum absolute atomic E-state index is 0.0781. The highest BCUT2D eigenvalue weighted by Gasteiger charge is 2.42. The molecule has 1 aliphatic heterocycles. The molecule has 4 heteroatoms. The van der Waals surface area contributed by atoms with Crippen LogP contribution in [0, 0.1) is 5.41 Å². The first-order chi connectivity index (χ1) is 8.54. The highest BCUT2D eigenvalue weighted by atomic mass is 16.4. The van der Waals surface area contributed by atoms with Crippen molar-refractivity contribution in [3.8, 4) is 0 Å². The number of piperidine rings is 1. The highest BCUT2D eigenvalue weighted by molar-refractivity contribution is 5.87. The molecule has 0 radical (unpaired) electrons. The van der Waals surface area contributed by atoms with Crippen LogP contribution in [0.1, 0.15) is 58.3 Å². The van der Waals surface area contributed by atoms with E-state index in [2.05, 4.69) is 0 Å². The second kappa shape index (κ2) is 5.29. The number of rotatable bonds is 2. The summed E-state index contributed by atoms with van der Waals surface area (Å²) in [6.07, 6.45) is 7.66. The third-order valence-corrected chi connectivity index (χ3v) is 4.52. The van der Waals surface area contributed by atoms with Crippen molar-refractivity contribution in [2.75, 3.05) is 6.54 Å². The van der Waals surface area contributed by atoms with Crippen LogP contribution in [0.25, 0.3) is 0 Å². The van der Waals surface area contributed by atoms with E-state index in [0.29, 0.717) is 13.0 Å². The first-order valence-electron chi connectivity index (χ1n) is 7.08. The fraction of sp³-hybridized carbons (Fsp3) is 0.857. The maximum atomic E-state index is 12.7. The Morgan fingerprint density at radius 2 is 1.78 bits per heavy atom. The zero-order valence-electron chi connectivity index (χ0n) is 11.2. The molecule has 1 saturated heterocycles. The molecule has 1 heterocycles. The number of hydrogen-bond donors (Lipinski definition) is 1. The number of nitrogens with zero attached hydrogens (tertiary/aromatic N) is 1. The fourth-order valence-electron chi connectivity index (χ4n) is 3.32. The second-order valence-corrected chi connectivity index (χ2v) is 5.97. The summed E-state index contributed by atoms with van der Waals surface area (Å²) in [7, 11) is 0. The van der Waals surface area contributed by atoms with Gasteiger partial charge >= 0.3 is 5.97 Å². The van der Waals surface area contributed by atoms with Gasteiger partial charge in [-0.3, -0.25) is 4.79 Å². The van der Waals surface area contributed by atoms with Gasteiger partial charge in [-0.25, -0.2) is 4.79 Å². The van der Waals surface area contributed by atoms with Crippen LogP contribution < -0.4 is 0 Å². The molecule has 1 aliphatic carbocycles. The standard InChI is InChI=1S/C14H23NO3/c1-14(8-4-2-5-9-14)13(18)15-10-6-3-7-11(15)12(16)17/h11H,2-10H2,1H3,(H,16,17)/t11-/m0/s1. The van der Waals surface area contributed by atoms with Gasteiger partial charge in [-0.15, -0.1) is 0 Å². The molecule has 102 valence electrons. The number of carbonyl (C=O) groups is 2. The van der Waals surface area contributed by atoms with Gasteiger partial charge in [0, 0.05) is 12.0 Å². The number of carboxylic acids is 1. The number of amides is 1. The molecule has 2 aliphatic rings. The molecule has 0 aromatic carbocycles. The number of hydrogen-bond acceptors (Lipinski definition) is 2. The van der Waals surface area contributed by atoms with Crippen LogP contribution in [0.5, 0.6) is 0 Å². The lowest BCUT2D eigenvalue weighted by Crippen LogP contribution is -2.53. The van der Waals surface area contributed by atoms with E-state index in [0.717, 1.165) is 38.5 Å². The molecule has 0 aromatic heterocycles. The van der Waals surface area contributed by atoms with Gasteiger partial charge < -0.3 is 10.0 Å². The Morgan fingerprint density at radius 3 is 2.39 bits per heavy atom. The summed E-state index contributed by atoms with van der Waals surface area (Å²) >= 11 is 0. The monoisotopic (exact) mass is 253 g/mol. The smallest absolute Gasteiger partial charge is 0.326 e. The molecular weight excluding hydrogens is 230 g/mol. The third kappa shape index (κ3) is 2.52. The van der Waals surface area contributed by atoms with Gasteiger partial charge in [0.2, 0.25) is 5.91 Å². The summed E-state index contributed by atoms with van der Waals surface area (Å²) in [6.45, 7) is 2.63. The lowest BCUT2D eigenvalue weighted by atomic mass is 9.74. The van der Waals surface area contributed by atoms with E-state index in [1.54, 1.807) is 4.90 Å². The summed E-state index contributed by atoms with van der Waals surface area (Å²) in [6, 6.07) is -0.593. The van der Waals surface area contributed by atoms with E-state index in [-0.39, 0.29) is 11.3 Å². The molecule has 1 atom stereocenters. The minimum Gasteiger partial charge on any atom is -0.480 e. The molecule has 1 N–H and O–H groups in total. The summed E-state index contributed by atoms with van der Waals surface area (Å²) in [5.41, 5.74) is -0.316. The second-order valence-electron chi connectivity index (χ2n) is 5.97. The summed E-state index contributed by atoms with van der Waals surface area (Å²) < 4.78 is 0. The van der Waals surface area contributed by atoms with Gasteiger partial charge in [0.1, 0.15) is 6.04 Å². The molecule has 1 amide bonds. The SMILES string of the molecule is CC1(C(=O)N2CCCC[C@H]2C(=O)O)CCCCC1. The number of likely N-dealkylation sites (tertiary alicyclic amines) is 1. The Balaban J connectivity index is 2.12. The zero-order valence-corrected chi connectivity index (χ0v) is 11.2. The van der Waals surface area contributed by atoms with Crippen molar-refractivity contribution in [1.82, 2.24) is 4.90 Å². The maximum Gasteiger partial charge on any atom is 0.326 e. The quantitative estimate of drug-likeness (QED) is 0.822. The van der Waals surface area contributed by atoms with E-state index in [9.17, 15) is 14.7 Å². The Morgan fingerprint density at radius 1 is 1.11 bits per heavy atom. The number of carbonyl (C=O) groups excluding carboxylic acids is 1. The van der Waals surface area contributed by atoms with Gasteiger partial charge in [-0.2, -0.15) is 0 Å². The Kier molecular flexibility index (Phi) is 3.93. The third-order valence-electron chi connectivity index (χ3n) is 4.52. The van der Waals surface area contributed by atoms with Crippen LogP contribution in [-0.2, 0) is 9.59 Å². The Hall–Kier alpha value is -1.06. The predicted molar refractivity (Wildman–Crippen MR) is 68.2 cm³/mol. The molecule has 0 spiro atoms. The molecule has 0 aromatic rings. The van der Waals surface area contributed by atoms with Gasteiger partial charge in [0.25, 0.3) is 0 Å². The molecule has 0 unspecified atom stereocenters.